The molecule has 1 amide bonds. The van der Waals surface area contributed by atoms with Gasteiger partial charge in [-0.05, 0) is 70.6 Å². The maximum absolute atomic E-state index is 13.0. The van der Waals surface area contributed by atoms with Crippen molar-refractivity contribution in [3.8, 4) is 0 Å². The number of ether oxygens (including phenoxy) is 3. The van der Waals surface area contributed by atoms with Crippen LogP contribution in [0.5, 0.6) is 0 Å². The Hall–Kier alpha value is -2.12. The molecule has 0 aromatic rings. The first kappa shape index (κ1) is 65.9. The number of carbonyl (C=O) groups excluding carboxylic acids is 2. The first-order valence-corrected chi connectivity index (χ1v) is 29.3. The van der Waals surface area contributed by atoms with Crippen molar-refractivity contribution in [3.05, 3.63) is 36.5 Å². The summed E-state index contributed by atoms with van der Waals surface area (Å²) in [6, 6.07) is -0.838. The molecule has 1 heterocycles. The Morgan fingerprint density at radius 3 is 1.44 bits per heavy atom. The molecule has 0 saturated carbocycles. The van der Waals surface area contributed by atoms with Gasteiger partial charge in [-0.3, -0.25) is 9.59 Å². The fraction of sp³-hybridized carbons (Fsp3) is 0.864. The van der Waals surface area contributed by atoms with Gasteiger partial charge in [-0.1, -0.05) is 217 Å². The minimum Gasteiger partial charge on any atom is -0.466 e. The molecule has 410 valence electrons. The van der Waals surface area contributed by atoms with Gasteiger partial charge in [0.15, 0.2) is 6.29 Å². The first-order valence-electron chi connectivity index (χ1n) is 29.3. The summed E-state index contributed by atoms with van der Waals surface area (Å²) in [4.78, 5) is 25.1. The number of hydrogen-bond acceptors (Lipinski definition) is 10. The highest BCUT2D eigenvalue weighted by atomic mass is 16.7. The van der Waals surface area contributed by atoms with Crippen LogP contribution in [0.2, 0.25) is 0 Å². The highest BCUT2D eigenvalue weighted by Crippen LogP contribution is 2.23. The maximum atomic E-state index is 13.0. The number of hydrogen-bond donors (Lipinski definition) is 6. The van der Waals surface area contributed by atoms with Crippen LogP contribution in [0.25, 0.3) is 0 Å². The number of rotatable bonds is 50. The van der Waals surface area contributed by atoms with Crippen molar-refractivity contribution < 1.29 is 49.3 Å². The van der Waals surface area contributed by atoms with Crippen LogP contribution in [0.4, 0.5) is 0 Å². The number of aliphatic hydroxyl groups excluding tert-OH is 5. The second-order valence-corrected chi connectivity index (χ2v) is 20.3. The number of esters is 1. The van der Waals surface area contributed by atoms with Crippen LogP contribution in [0.3, 0.4) is 0 Å². The van der Waals surface area contributed by atoms with Crippen molar-refractivity contribution in [2.45, 2.75) is 307 Å². The molecular formula is C59H109NO10. The zero-order chi connectivity index (χ0) is 51.0. The van der Waals surface area contributed by atoms with Gasteiger partial charge in [0.25, 0.3) is 0 Å². The fourth-order valence-corrected chi connectivity index (χ4v) is 9.03. The summed E-state index contributed by atoms with van der Waals surface area (Å²) < 4.78 is 16.7. The molecule has 0 aromatic heterocycles. The predicted molar refractivity (Wildman–Crippen MR) is 287 cm³/mol. The van der Waals surface area contributed by atoms with Crippen molar-refractivity contribution in [3.63, 3.8) is 0 Å². The SMILES string of the molecule is CCCCC/C=C/CC/C=C/C(O)C(COC1OC(CO)C(O)C(O)C1O)NC(=O)CCCCCCC/C=C\CCCCCCCCCOC(=O)CCCCCCCCCCCCCCCCCCC. The quantitative estimate of drug-likeness (QED) is 0.0195. The Morgan fingerprint density at radius 1 is 0.514 bits per heavy atom. The lowest BCUT2D eigenvalue weighted by Crippen LogP contribution is -2.60. The molecule has 1 aliphatic heterocycles. The van der Waals surface area contributed by atoms with Crippen LogP contribution in [-0.2, 0) is 23.8 Å². The number of aliphatic hydroxyl groups is 5. The average molecular weight is 993 g/mol. The highest BCUT2D eigenvalue weighted by molar-refractivity contribution is 5.76. The molecule has 1 aliphatic rings. The summed E-state index contributed by atoms with van der Waals surface area (Å²) in [5.41, 5.74) is 0. The molecule has 11 heteroatoms. The first-order chi connectivity index (χ1) is 34.2. The minimum atomic E-state index is -1.58. The third kappa shape index (κ3) is 38.5. The normalized spacial score (nSPS) is 19.4. The van der Waals surface area contributed by atoms with E-state index in [-0.39, 0.29) is 18.5 Å². The lowest BCUT2D eigenvalue weighted by atomic mass is 9.99. The fourth-order valence-electron chi connectivity index (χ4n) is 9.03. The van der Waals surface area contributed by atoms with Crippen LogP contribution in [0, 0.1) is 0 Å². The van der Waals surface area contributed by atoms with Crippen LogP contribution in [-0.4, -0.2) is 100 Å². The van der Waals surface area contributed by atoms with Crippen molar-refractivity contribution in [2.75, 3.05) is 19.8 Å². The summed E-state index contributed by atoms with van der Waals surface area (Å²) in [5, 5.41) is 54.1. The van der Waals surface area contributed by atoms with Gasteiger partial charge in [0, 0.05) is 12.8 Å². The van der Waals surface area contributed by atoms with Gasteiger partial charge in [-0.2, -0.15) is 0 Å². The Balaban J connectivity index is 2.05. The lowest BCUT2D eigenvalue weighted by molar-refractivity contribution is -0.302. The Morgan fingerprint density at radius 2 is 0.929 bits per heavy atom. The number of amides is 1. The minimum absolute atomic E-state index is 0.0182. The molecule has 0 radical (unpaired) electrons. The van der Waals surface area contributed by atoms with E-state index in [1.54, 1.807) is 6.08 Å². The molecule has 7 unspecified atom stereocenters. The van der Waals surface area contributed by atoms with Crippen molar-refractivity contribution >= 4 is 11.9 Å². The van der Waals surface area contributed by atoms with E-state index in [4.69, 9.17) is 14.2 Å². The monoisotopic (exact) mass is 992 g/mol. The number of allylic oxidation sites excluding steroid dienone is 5. The Labute approximate surface area is 428 Å². The van der Waals surface area contributed by atoms with Gasteiger partial charge in [0.1, 0.15) is 24.4 Å². The van der Waals surface area contributed by atoms with Gasteiger partial charge in [-0.15, -0.1) is 0 Å². The van der Waals surface area contributed by atoms with Crippen LogP contribution >= 0.6 is 0 Å². The molecule has 11 nitrogen and oxygen atoms in total. The molecule has 1 fully saturated rings. The van der Waals surface area contributed by atoms with Crippen LogP contribution in [0.15, 0.2) is 36.5 Å². The molecule has 1 saturated heterocycles. The van der Waals surface area contributed by atoms with E-state index >= 15 is 0 Å². The molecular weight excluding hydrogens is 883 g/mol. The van der Waals surface area contributed by atoms with E-state index in [0.717, 1.165) is 89.9 Å². The van der Waals surface area contributed by atoms with Crippen molar-refractivity contribution in [1.82, 2.24) is 5.32 Å². The average Bonchev–Trinajstić information content (AvgIpc) is 3.36. The third-order valence-corrected chi connectivity index (χ3v) is 13.7. The second kappa shape index (κ2) is 49.1. The van der Waals surface area contributed by atoms with Crippen LogP contribution in [0.1, 0.15) is 264 Å². The summed E-state index contributed by atoms with van der Waals surface area (Å²) in [6.45, 7) is 4.24. The van der Waals surface area contributed by atoms with Crippen LogP contribution < -0.4 is 5.32 Å². The largest absolute Gasteiger partial charge is 0.466 e. The van der Waals surface area contributed by atoms with Gasteiger partial charge in [-0.25, -0.2) is 0 Å². The van der Waals surface area contributed by atoms with Crippen molar-refractivity contribution in [2.24, 2.45) is 0 Å². The standard InChI is InChI=1S/C59H109NO10/c1-3-5-7-9-11-13-14-15-16-17-21-24-27-31-35-39-43-47-55(64)68-48-44-40-36-32-28-25-22-19-18-20-23-26-30-34-38-42-46-54(63)60-51(52(62)45-41-37-33-29-12-10-8-6-4-2)50-69-59-58(67)57(66)56(65)53(49-61)70-59/h12,18,20,29,41,45,51-53,56-59,61-62,65-67H,3-11,13-17,19,21-28,30-40,42-44,46-50H2,1-2H3,(H,60,63)/b20-18-,29-12+,45-41+. The van der Waals surface area contributed by atoms with E-state index in [1.807, 2.05) is 6.08 Å². The van der Waals surface area contributed by atoms with Crippen molar-refractivity contribution in [1.29, 1.82) is 0 Å². The molecule has 70 heavy (non-hydrogen) atoms. The summed E-state index contributed by atoms with van der Waals surface area (Å²) >= 11 is 0. The summed E-state index contributed by atoms with van der Waals surface area (Å²) in [5.74, 6) is -0.230. The second-order valence-electron chi connectivity index (χ2n) is 20.3. The molecule has 7 atom stereocenters. The Bertz CT molecular complexity index is 1260. The van der Waals surface area contributed by atoms with E-state index in [1.165, 1.54) is 148 Å². The van der Waals surface area contributed by atoms with Gasteiger partial charge in [0.05, 0.1) is 32.0 Å². The molecule has 0 spiro atoms. The zero-order valence-corrected chi connectivity index (χ0v) is 45.0. The van der Waals surface area contributed by atoms with E-state index in [9.17, 15) is 35.1 Å². The number of carbonyl (C=O) groups is 2. The van der Waals surface area contributed by atoms with E-state index in [2.05, 4.69) is 43.5 Å². The van der Waals surface area contributed by atoms with E-state index < -0.39 is 49.5 Å². The zero-order valence-electron chi connectivity index (χ0n) is 45.0. The number of nitrogens with one attached hydrogen (secondary N) is 1. The summed E-state index contributed by atoms with van der Waals surface area (Å²) in [6.07, 6.45) is 49.7. The number of unbranched alkanes of at least 4 members (excludes halogenated alkanes) is 32. The van der Waals surface area contributed by atoms with Gasteiger partial charge < -0.3 is 45.1 Å². The molecule has 0 bridgehead atoms. The molecule has 0 aromatic carbocycles. The lowest BCUT2D eigenvalue weighted by Gasteiger charge is -2.40. The Kier molecular flexibility index (Phi) is 46.2. The molecule has 1 rings (SSSR count). The third-order valence-electron chi connectivity index (χ3n) is 13.7. The topological polar surface area (TPSA) is 175 Å². The van der Waals surface area contributed by atoms with Gasteiger partial charge >= 0.3 is 5.97 Å². The smallest absolute Gasteiger partial charge is 0.305 e. The molecule has 6 N–H and O–H groups in total. The predicted octanol–water partition coefficient (Wildman–Crippen LogP) is 13.1. The summed E-state index contributed by atoms with van der Waals surface area (Å²) in [7, 11) is 0. The van der Waals surface area contributed by atoms with E-state index in [0.29, 0.717) is 19.4 Å². The highest BCUT2D eigenvalue weighted by Gasteiger charge is 2.44. The molecule has 0 aliphatic carbocycles. The maximum Gasteiger partial charge on any atom is 0.305 e. The van der Waals surface area contributed by atoms with Gasteiger partial charge in [0.2, 0.25) is 5.91 Å².